The number of hydrogen-bond donors (Lipinski definition) is 2. The van der Waals surface area contributed by atoms with E-state index in [9.17, 15) is 0 Å². The van der Waals surface area contributed by atoms with Crippen molar-refractivity contribution in [2.24, 2.45) is 5.92 Å². The van der Waals surface area contributed by atoms with Crippen molar-refractivity contribution in [1.29, 1.82) is 0 Å². The van der Waals surface area contributed by atoms with Crippen LogP contribution in [-0.2, 0) is 0 Å². The first-order valence-electron chi connectivity index (χ1n) is 5.22. The third-order valence-corrected chi connectivity index (χ3v) is 3.20. The van der Waals surface area contributed by atoms with Crippen molar-refractivity contribution < 1.29 is 0 Å². The van der Waals surface area contributed by atoms with Gasteiger partial charge in [0.2, 0.25) is 0 Å². The topological polar surface area (TPSA) is 38.0 Å². The number of aryl methyl sites for hydroxylation is 1. The number of nitrogens with two attached hydrogens (primary N) is 1. The molecule has 0 saturated heterocycles. The highest BCUT2D eigenvalue weighted by Gasteiger charge is 2.03. The van der Waals surface area contributed by atoms with Crippen LogP contribution < -0.4 is 11.1 Å². The number of thioether (sulfide) groups is 1. The lowest BCUT2D eigenvalue weighted by Gasteiger charge is -2.14. The summed E-state index contributed by atoms with van der Waals surface area (Å²) in [5, 5.41) is 3.40. The van der Waals surface area contributed by atoms with Gasteiger partial charge in [-0.2, -0.15) is 11.8 Å². The molecule has 0 saturated carbocycles. The van der Waals surface area contributed by atoms with Crippen molar-refractivity contribution in [3.8, 4) is 0 Å². The zero-order valence-corrected chi connectivity index (χ0v) is 10.5. The lowest BCUT2D eigenvalue weighted by molar-refractivity contribution is 0.702. The van der Waals surface area contributed by atoms with E-state index < -0.39 is 0 Å². The molecule has 0 radical (unpaired) electrons. The van der Waals surface area contributed by atoms with E-state index in [1.807, 2.05) is 23.9 Å². The van der Waals surface area contributed by atoms with Crippen LogP contribution in [0, 0.1) is 12.8 Å². The highest BCUT2D eigenvalue weighted by Crippen LogP contribution is 2.20. The smallest absolute Gasteiger partial charge is 0.0576 e. The molecule has 0 aliphatic heterocycles. The van der Waals surface area contributed by atoms with Gasteiger partial charge in [-0.15, -0.1) is 0 Å². The maximum atomic E-state index is 5.88. The SMILES string of the molecule is CSCC(C)CNc1cc(C)ccc1N. The Morgan fingerprint density at radius 3 is 2.87 bits per heavy atom. The molecule has 1 unspecified atom stereocenters. The molecular weight excluding hydrogens is 204 g/mol. The van der Waals surface area contributed by atoms with Gasteiger partial charge in [0.15, 0.2) is 0 Å². The third kappa shape index (κ3) is 4.04. The van der Waals surface area contributed by atoms with Gasteiger partial charge in [-0.3, -0.25) is 0 Å². The Balaban J connectivity index is 2.53. The van der Waals surface area contributed by atoms with Gasteiger partial charge >= 0.3 is 0 Å². The summed E-state index contributed by atoms with van der Waals surface area (Å²) in [6.45, 7) is 5.31. The molecule has 1 rings (SSSR count). The van der Waals surface area contributed by atoms with E-state index >= 15 is 0 Å². The molecule has 0 aromatic heterocycles. The molecule has 0 fully saturated rings. The monoisotopic (exact) mass is 224 g/mol. The number of rotatable bonds is 5. The van der Waals surface area contributed by atoms with E-state index in [1.165, 1.54) is 11.3 Å². The van der Waals surface area contributed by atoms with Gasteiger partial charge in [0.1, 0.15) is 0 Å². The summed E-state index contributed by atoms with van der Waals surface area (Å²) in [6, 6.07) is 6.09. The zero-order valence-electron chi connectivity index (χ0n) is 9.71. The summed E-state index contributed by atoms with van der Waals surface area (Å²) in [6.07, 6.45) is 2.14. The minimum Gasteiger partial charge on any atom is -0.397 e. The van der Waals surface area contributed by atoms with E-state index in [2.05, 4.69) is 31.5 Å². The number of benzene rings is 1. The molecule has 0 amide bonds. The number of nitrogens with one attached hydrogen (secondary N) is 1. The summed E-state index contributed by atoms with van der Waals surface area (Å²) < 4.78 is 0. The Hall–Kier alpha value is -0.830. The Morgan fingerprint density at radius 2 is 2.20 bits per heavy atom. The fourth-order valence-corrected chi connectivity index (χ4v) is 2.14. The summed E-state index contributed by atoms with van der Waals surface area (Å²) in [7, 11) is 0. The molecule has 2 nitrogen and oxygen atoms in total. The van der Waals surface area contributed by atoms with Crippen molar-refractivity contribution in [2.45, 2.75) is 13.8 Å². The lowest BCUT2D eigenvalue weighted by atomic mass is 10.1. The molecule has 1 aromatic carbocycles. The zero-order chi connectivity index (χ0) is 11.3. The Bertz CT molecular complexity index is 312. The molecule has 0 aliphatic rings. The van der Waals surface area contributed by atoms with Crippen molar-refractivity contribution in [2.75, 3.05) is 29.6 Å². The Kier molecular flexibility index (Phi) is 4.82. The van der Waals surface area contributed by atoms with E-state index in [-0.39, 0.29) is 0 Å². The lowest BCUT2D eigenvalue weighted by Crippen LogP contribution is -2.14. The van der Waals surface area contributed by atoms with Crippen molar-refractivity contribution in [3.05, 3.63) is 23.8 Å². The van der Waals surface area contributed by atoms with Gasteiger partial charge < -0.3 is 11.1 Å². The first-order valence-corrected chi connectivity index (χ1v) is 6.61. The maximum absolute atomic E-state index is 5.88. The molecule has 0 aliphatic carbocycles. The summed E-state index contributed by atoms with van der Waals surface area (Å²) >= 11 is 1.88. The van der Waals surface area contributed by atoms with Gasteiger partial charge in [0, 0.05) is 6.54 Å². The van der Waals surface area contributed by atoms with Crippen LogP contribution in [0.1, 0.15) is 12.5 Å². The largest absolute Gasteiger partial charge is 0.397 e. The summed E-state index contributed by atoms with van der Waals surface area (Å²) in [5.74, 6) is 1.85. The quantitative estimate of drug-likeness (QED) is 0.755. The number of hydrogen-bond acceptors (Lipinski definition) is 3. The van der Waals surface area contributed by atoms with E-state index in [0.29, 0.717) is 5.92 Å². The molecule has 1 atom stereocenters. The molecule has 0 spiro atoms. The summed E-state index contributed by atoms with van der Waals surface area (Å²) in [4.78, 5) is 0. The number of nitrogen functional groups attached to an aromatic ring is 1. The maximum Gasteiger partial charge on any atom is 0.0576 e. The van der Waals surface area contributed by atoms with Gasteiger partial charge in [0.05, 0.1) is 11.4 Å². The average Bonchev–Trinajstić information content (AvgIpc) is 2.20. The standard InChI is InChI=1S/C12H20N2S/c1-9-4-5-11(13)12(6-9)14-7-10(2)8-15-3/h4-6,10,14H,7-8,13H2,1-3H3. The normalized spacial score (nSPS) is 12.5. The summed E-state index contributed by atoms with van der Waals surface area (Å²) in [5.41, 5.74) is 9.01. The highest BCUT2D eigenvalue weighted by molar-refractivity contribution is 7.98. The van der Waals surface area contributed by atoms with Crippen LogP contribution in [0.2, 0.25) is 0 Å². The predicted octanol–water partition coefficient (Wildman–Crippen LogP) is 2.99. The average molecular weight is 224 g/mol. The van der Waals surface area contributed by atoms with E-state index in [1.54, 1.807) is 0 Å². The van der Waals surface area contributed by atoms with Gasteiger partial charge in [0.25, 0.3) is 0 Å². The van der Waals surface area contributed by atoms with Crippen molar-refractivity contribution in [3.63, 3.8) is 0 Å². The van der Waals surface area contributed by atoms with Crippen molar-refractivity contribution in [1.82, 2.24) is 0 Å². The fourth-order valence-electron chi connectivity index (χ4n) is 1.45. The molecular formula is C12H20N2S. The Labute approximate surface area is 96.6 Å². The van der Waals surface area contributed by atoms with Crippen LogP contribution in [0.5, 0.6) is 0 Å². The molecule has 0 heterocycles. The van der Waals surface area contributed by atoms with E-state index in [0.717, 1.165) is 17.9 Å². The molecule has 3 N–H and O–H groups in total. The van der Waals surface area contributed by atoms with Crippen molar-refractivity contribution >= 4 is 23.1 Å². The second-order valence-electron chi connectivity index (χ2n) is 4.03. The minimum absolute atomic E-state index is 0.667. The molecule has 0 bridgehead atoms. The minimum atomic E-state index is 0.667. The first-order chi connectivity index (χ1) is 7.13. The highest BCUT2D eigenvalue weighted by atomic mass is 32.2. The Morgan fingerprint density at radius 1 is 1.47 bits per heavy atom. The first kappa shape index (κ1) is 12.2. The van der Waals surface area contributed by atoms with Crippen LogP contribution in [0.25, 0.3) is 0 Å². The molecule has 3 heteroatoms. The molecule has 84 valence electrons. The molecule has 1 aromatic rings. The van der Waals surface area contributed by atoms with Gasteiger partial charge in [-0.05, 0) is 42.5 Å². The van der Waals surface area contributed by atoms with E-state index in [4.69, 9.17) is 5.73 Å². The van der Waals surface area contributed by atoms with Gasteiger partial charge in [-0.1, -0.05) is 13.0 Å². The second kappa shape index (κ2) is 5.91. The van der Waals surface area contributed by atoms with Crippen LogP contribution in [0.4, 0.5) is 11.4 Å². The fraction of sp³-hybridized carbons (Fsp3) is 0.500. The van der Waals surface area contributed by atoms with Crippen LogP contribution in [0.3, 0.4) is 0 Å². The number of anilines is 2. The third-order valence-electron chi connectivity index (χ3n) is 2.30. The van der Waals surface area contributed by atoms with Crippen LogP contribution in [0.15, 0.2) is 18.2 Å². The van der Waals surface area contributed by atoms with Gasteiger partial charge in [-0.25, -0.2) is 0 Å². The second-order valence-corrected chi connectivity index (χ2v) is 4.94. The predicted molar refractivity (Wildman–Crippen MR) is 71.6 cm³/mol. The molecule has 15 heavy (non-hydrogen) atoms. The van der Waals surface area contributed by atoms with Crippen LogP contribution >= 0.6 is 11.8 Å². The van der Waals surface area contributed by atoms with Crippen LogP contribution in [-0.4, -0.2) is 18.6 Å².